The Morgan fingerprint density at radius 2 is 1.54 bits per heavy atom. The third kappa shape index (κ3) is 2.22. The van der Waals surface area contributed by atoms with Gasteiger partial charge in [-0.05, 0) is 17.5 Å². The molecule has 0 saturated carbocycles. The average molecular weight is 369 g/mol. The topological polar surface area (TPSA) is 37.4 Å². The van der Waals surface area contributed by atoms with E-state index in [1.54, 1.807) is 4.90 Å². The molecule has 3 nitrogen and oxygen atoms in total. The van der Waals surface area contributed by atoms with Crippen LogP contribution in [0.25, 0.3) is 0 Å². The van der Waals surface area contributed by atoms with Crippen LogP contribution in [0.15, 0.2) is 85.0 Å². The first-order valence-corrected chi connectivity index (χ1v) is 10.0. The van der Waals surface area contributed by atoms with Crippen molar-refractivity contribution in [3.8, 4) is 0 Å². The van der Waals surface area contributed by atoms with Gasteiger partial charge in [-0.15, -0.1) is 0 Å². The molecule has 0 aromatic heterocycles. The maximum absolute atomic E-state index is 13.7. The molecule has 1 unspecified atom stereocenters. The molecule has 6 rings (SSSR count). The predicted octanol–water partition coefficient (Wildman–Crippen LogP) is 4.65. The minimum absolute atomic E-state index is 0.00549. The molecule has 140 valence electrons. The molecule has 2 aromatic carbocycles. The number of allylic oxidation sites excluding steroid dienone is 2. The number of hydrogen-bond acceptors (Lipinski definition) is 2. The van der Waals surface area contributed by atoms with Crippen LogP contribution >= 0.6 is 0 Å². The number of hydrogen-bond donors (Lipinski definition) is 0. The highest BCUT2D eigenvalue weighted by Crippen LogP contribution is 2.58. The van der Waals surface area contributed by atoms with Crippen molar-refractivity contribution in [2.45, 2.75) is 25.3 Å². The zero-order valence-electron chi connectivity index (χ0n) is 15.9. The van der Waals surface area contributed by atoms with Gasteiger partial charge in [-0.3, -0.25) is 14.5 Å². The summed E-state index contributed by atoms with van der Waals surface area (Å²) in [6.07, 6.45) is 8.91. The van der Waals surface area contributed by atoms with Gasteiger partial charge in [0, 0.05) is 11.8 Å². The Labute approximate surface area is 165 Å². The lowest BCUT2D eigenvalue weighted by atomic mass is 9.57. The van der Waals surface area contributed by atoms with Crippen molar-refractivity contribution < 1.29 is 9.59 Å². The minimum atomic E-state index is -0.839. The number of benzene rings is 2. The minimum Gasteiger partial charge on any atom is -0.274 e. The van der Waals surface area contributed by atoms with Crippen LogP contribution in [0, 0.1) is 17.3 Å². The van der Waals surface area contributed by atoms with Gasteiger partial charge in [0.1, 0.15) is 0 Å². The number of carbonyl (C=O) groups excluding carboxylic acids is 2. The number of imide groups is 1. The van der Waals surface area contributed by atoms with Crippen LogP contribution in [-0.2, 0) is 9.59 Å². The second-order valence-corrected chi connectivity index (χ2v) is 7.99. The van der Waals surface area contributed by atoms with E-state index < -0.39 is 5.41 Å². The van der Waals surface area contributed by atoms with Gasteiger partial charge in [-0.1, -0.05) is 91.9 Å². The van der Waals surface area contributed by atoms with Gasteiger partial charge in [-0.25, -0.2) is 0 Å². The highest BCUT2D eigenvalue weighted by molar-refractivity contribution is 6.11. The van der Waals surface area contributed by atoms with E-state index in [0.717, 1.165) is 11.1 Å². The molecule has 3 heteroatoms. The molecule has 1 aliphatic heterocycles. The maximum atomic E-state index is 13.7. The number of likely N-dealkylation sites (tertiary alicyclic amines) is 1. The van der Waals surface area contributed by atoms with Gasteiger partial charge >= 0.3 is 0 Å². The molecular weight excluding hydrogens is 346 g/mol. The second-order valence-electron chi connectivity index (χ2n) is 7.99. The van der Waals surface area contributed by atoms with Crippen molar-refractivity contribution in [1.82, 2.24) is 4.90 Å². The molecule has 3 aliphatic carbocycles. The molecule has 2 bridgehead atoms. The van der Waals surface area contributed by atoms with E-state index in [1.165, 1.54) is 0 Å². The zero-order valence-corrected chi connectivity index (χ0v) is 15.9. The quantitative estimate of drug-likeness (QED) is 0.581. The third-order valence-electron chi connectivity index (χ3n) is 6.64. The lowest BCUT2D eigenvalue weighted by Gasteiger charge is -2.42. The Bertz CT molecular complexity index is 962. The largest absolute Gasteiger partial charge is 0.274 e. The Hall–Kier alpha value is -2.94. The first kappa shape index (κ1) is 17.2. The summed E-state index contributed by atoms with van der Waals surface area (Å²) in [6, 6.07) is 19.8. The molecular formula is C25H23NO2. The summed E-state index contributed by atoms with van der Waals surface area (Å²) in [7, 11) is 0. The Morgan fingerprint density at radius 3 is 2.14 bits per heavy atom. The Kier molecular flexibility index (Phi) is 3.87. The lowest BCUT2D eigenvalue weighted by Crippen LogP contribution is -2.42. The van der Waals surface area contributed by atoms with E-state index in [2.05, 4.69) is 24.3 Å². The van der Waals surface area contributed by atoms with Gasteiger partial charge in [-0.2, -0.15) is 0 Å². The normalized spacial score (nSPS) is 31.3. The predicted molar refractivity (Wildman–Crippen MR) is 108 cm³/mol. The van der Waals surface area contributed by atoms with E-state index in [4.69, 9.17) is 0 Å². The summed E-state index contributed by atoms with van der Waals surface area (Å²) in [5, 5.41) is 0. The van der Waals surface area contributed by atoms with Gasteiger partial charge in [0.05, 0.1) is 17.4 Å². The maximum Gasteiger partial charge on any atom is 0.244 e. The van der Waals surface area contributed by atoms with Crippen LogP contribution in [0.1, 0.15) is 36.4 Å². The standard InChI is InChI=1S/C25H23NO2/c1-2-20(17-9-5-3-6-10-17)26-23(27)22-21(18-11-7-4-8-12-18)19-13-15-25(22,16-14-19)24(26)28/h3-16,19-22H,2H2,1H3/t19?,20?,21-,22-,25?/m0/s1. The van der Waals surface area contributed by atoms with E-state index in [1.807, 2.05) is 67.6 Å². The third-order valence-corrected chi connectivity index (χ3v) is 6.64. The average Bonchev–Trinajstić information content (AvgIpc) is 2.98. The van der Waals surface area contributed by atoms with Crippen LogP contribution in [-0.4, -0.2) is 16.7 Å². The van der Waals surface area contributed by atoms with Crippen molar-refractivity contribution >= 4 is 11.8 Å². The van der Waals surface area contributed by atoms with Crippen LogP contribution in [0.4, 0.5) is 0 Å². The fourth-order valence-corrected chi connectivity index (χ4v) is 5.35. The van der Waals surface area contributed by atoms with Crippen molar-refractivity contribution in [1.29, 1.82) is 0 Å². The number of amides is 2. The SMILES string of the molecule is CCC(c1ccccc1)N1C(=O)[C@@H]2[C@@H](c3ccccc3)C3C=CC2(C=C3)C1=O. The van der Waals surface area contributed by atoms with Crippen molar-refractivity contribution in [2.75, 3.05) is 0 Å². The molecule has 1 heterocycles. The number of carbonyl (C=O) groups is 2. The van der Waals surface area contributed by atoms with Gasteiger partial charge in [0.25, 0.3) is 0 Å². The molecule has 4 aliphatic rings. The second kappa shape index (κ2) is 6.30. The smallest absolute Gasteiger partial charge is 0.244 e. The zero-order chi connectivity index (χ0) is 19.3. The van der Waals surface area contributed by atoms with Crippen LogP contribution in [0.2, 0.25) is 0 Å². The molecule has 1 saturated heterocycles. The summed E-state index contributed by atoms with van der Waals surface area (Å²) in [5.41, 5.74) is 1.31. The van der Waals surface area contributed by atoms with Crippen LogP contribution in [0.5, 0.6) is 0 Å². The highest BCUT2D eigenvalue weighted by atomic mass is 16.2. The molecule has 3 atom stereocenters. The number of nitrogens with zero attached hydrogens (tertiary/aromatic N) is 1. The molecule has 0 radical (unpaired) electrons. The molecule has 0 N–H and O–H groups in total. The fraction of sp³-hybridized carbons (Fsp3) is 0.280. The lowest BCUT2D eigenvalue weighted by molar-refractivity contribution is -0.143. The molecule has 1 spiro atoms. The first-order valence-electron chi connectivity index (χ1n) is 10.0. The van der Waals surface area contributed by atoms with Crippen LogP contribution < -0.4 is 0 Å². The summed E-state index contributed by atoms with van der Waals surface area (Å²) in [4.78, 5) is 29.0. The van der Waals surface area contributed by atoms with Gasteiger partial charge < -0.3 is 0 Å². The van der Waals surface area contributed by atoms with E-state index in [9.17, 15) is 9.59 Å². The van der Waals surface area contributed by atoms with Crippen molar-refractivity contribution in [3.63, 3.8) is 0 Å². The summed E-state index contributed by atoms with van der Waals surface area (Å²) in [5.74, 6) is -0.313. The van der Waals surface area contributed by atoms with E-state index >= 15 is 0 Å². The highest BCUT2D eigenvalue weighted by Gasteiger charge is 2.64. The van der Waals surface area contributed by atoms with E-state index in [-0.39, 0.29) is 35.6 Å². The van der Waals surface area contributed by atoms with Crippen molar-refractivity contribution in [2.24, 2.45) is 17.3 Å². The van der Waals surface area contributed by atoms with E-state index in [0.29, 0.717) is 6.42 Å². The Morgan fingerprint density at radius 1 is 0.929 bits per heavy atom. The summed E-state index contributed by atoms with van der Waals surface area (Å²) in [6.45, 7) is 2.04. The monoisotopic (exact) mass is 369 g/mol. The summed E-state index contributed by atoms with van der Waals surface area (Å²) < 4.78 is 0. The molecule has 2 aromatic rings. The Balaban J connectivity index is 1.62. The van der Waals surface area contributed by atoms with Crippen molar-refractivity contribution in [3.05, 3.63) is 96.1 Å². The van der Waals surface area contributed by atoms with Gasteiger partial charge in [0.2, 0.25) is 11.8 Å². The fourth-order valence-electron chi connectivity index (χ4n) is 5.35. The molecule has 1 fully saturated rings. The molecule has 28 heavy (non-hydrogen) atoms. The van der Waals surface area contributed by atoms with Crippen LogP contribution in [0.3, 0.4) is 0 Å². The summed E-state index contributed by atoms with van der Waals surface area (Å²) >= 11 is 0. The molecule has 2 amide bonds. The first-order chi connectivity index (χ1) is 13.7. The number of rotatable bonds is 4. The van der Waals surface area contributed by atoms with Gasteiger partial charge in [0.15, 0.2) is 0 Å².